The number of hydrogen-bond acceptors (Lipinski definition) is 2. The van der Waals surface area contributed by atoms with Crippen LogP contribution in [0, 0.1) is 5.92 Å². The molecule has 1 aliphatic rings. The molecule has 0 saturated heterocycles. The van der Waals surface area contributed by atoms with Gasteiger partial charge in [0.05, 0.1) is 0 Å². The minimum Gasteiger partial charge on any atom is -0.479 e. The van der Waals surface area contributed by atoms with Gasteiger partial charge in [-0.3, -0.25) is 0 Å². The maximum Gasteiger partial charge on any atom is 0.332 e. The standard InChI is InChI=1S/C8H14O3/c9-7(8(10)11)5-6-3-1-2-4-6/h6-7,9H,1-5H2,(H,10,11)/t7-/m0/s1. The van der Waals surface area contributed by atoms with Gasteiger partial charge in [-0.1, -0.05) is 25.7 Å². The van der Waals surface area contributed by atoms with Crippen molar-refractivity contribution in [1.29, 1.82) is 0 Å². The Labute approximate surface area is 66.0 Å². The van der Waals surface area contributed by atoms with Gasteiger partial charge in [0.25, 0.3) is 0 Å². The number of carboxylic acid groups (broad SMARTS) is 1. The summed E-state index contributed by atoms with van der Waals surface area (Å²) >= 11 is 0. The van der Waals surface area contributed by atoms with E-state index in [1.54, 1.807) is 0 Å². The Morgan fingerprint density at radius 2 is 2.00 bits per heavy atom. The normalized spacial score (nSPS) is 21.9. The van der Waals surface area contributed by atoms with Crippen molar-refractivity contribution < 1.29 is 15.0 Å². The highest BCUT2D eigenvalue weighted by atomic mass is 16.4. The molecular formula is C8H14O3. The Morgan fingerprint density at radius 3 is 2.45 bits per heavy atom. The van der Waals surface area contributed by atoms with E-state index in [0.717, 1.165) is 12.8 Å². The average Bonchev–Trinajstić information content (AvgIpc) is 2.39. The van der Waals surface area contributed by atoms with Crippen molar-refractivity contribution >= 4 is 5.97 Å². The molecule has 0 unspecified atom stereocenters. The van der Waals surface area contributed by atoms with E-state index in [9.17, 15) is 4.79 Å². The minimum absolute atomic E-state index is 0.440. The van der Waals surface area contributed by atoms with E-state index >= 15 is 0 Å². The molecular weight excluding hydrogens is 144 g/mol. The van der Waals surface area contributed by atoms with Crippen molar-refractivity contribution in [3.8, 4) is 0 Å². The van der Waals surface area contributed by atoms with Gasteiger partial charge in [-0.2, -0.15) is 0 Å². The molecule has 1 rings (SSSR count). The van der Waals surface area contributed by atoms with Crippen LogP contribution >= 0.6 is 0 Å². The Balaban J connectivity index is 2.23. The first-order chi connectivity index (χ1) is 5.20. The number of aliphatic carboxylic acids is 1. The first-order valence-electron chi connectivity index (χ1n) is 4.11. The zero-order valence-corrected chi connectivity index (χ0v) is 6.49. The lowest BCUT2D eigenvalue weighted by atomic mass is 10.0. The maximum atomic E-state index is 10.2. The van der Waals surface area contributed by atoms with E-state index in [2.05, 4.69) is 0 Å². The lowest BCUT2D eigenvalue weighted by Crippen LogP contribution is -2.21. The molecule has 0 aliphatic heterocycles. The largest absolute Gasteiger partial charge is 0.479 e. The number of hydrogen-bond donors (Lipinski definition) is 2. The lowest BCUT2D eigenvalue weighted by molar-refractivity contribution is -0.147. The molecule has 1 fully saturated rings. The fraction of sp³-hybridized carbons (Fsp3) is 0.875. The molecule has 0 amide bonds. The number of carbonyl (C=O) groups is 1. The second-order valence-corrected chi connectivity index (χ2v) is 3.24. The van der Waals surface area contributed by atoms with Gasteiger partial charge in [-0.15, -0.1) is 0 Å². The van der Waals surface area contributed by atoms with Crippen LogP contribution in [0.3, 0.4) is 0 Å². The molecule has 0 aromatic heterocycles. The summed E-state index contributed by atoms with van der Waals surface area (Å²) in [6.45, 7) is 0. The van der Waals surface area contributed by atoms with E-state index in [4.69, 9.17) is 10.2 Å². The van der Waals surface area contributed by atoms with E-state index < -0.39 is 12.1 Å². The molecule has 3 nitrogen and oxygen atoms in total. The zero-order valence-electron chi connectivity index (χ0n) is 6.49. The molecule has 0 radical (unpaired) electrons. The van der Waals surface area contributed by atoms with Crippen molar-refractivity contribution in [2.45, 2.75) is 38.2 Å². The first-order valence-corrected chi connectivity index (χ1v) is 4.11. The van der Waals surface area contributed by atoms with Gasteiger partial charge in [0.1, 0.15) is 0 Å². The first kappa shape index (κ1) is 8.53. The number of carboxylic acids is 1. The zero-order chi connectivity index (χ0) is 8.27. The van der Waals surface area contributed by atoms with Crippen LogP contribution in [0.5, 0.6) is 0 Å². The van der Waals surface area contributed by atoms with Crippen LogP contribution in [0.25, 0.3) is 0 Å². The molecule has 11 heavy (non-hydrogen) atoms. The van der Waals surface area contributed by atoms with Gasteiger partial charge >= 0.3 is 5.97 Å². The molecule has 1 saturated carbocycles. The summed E-state index contributed by atoms with van der Waals surface area (Å²) in [6.07, 6.45) is 3.86. The number of rotatable bonds is 3. The van der Waals surface area contributed by atoms with Crippen molar-refractivity contribution in [2.24, 2.45) is 5.92 Å². The Hall–Kier alpha value is -0.570. The van der Waals surface area contributed by atoms with Gasteiger partial charge in [0, 0.05) is 0 Å². The summed E-state index contributed by atoms with van der Waals surface area (Å²) in [5, 5.41) is 17.4. The average molecular weight is 158 g/mol. The van der Waals surface area contributed by atoms with E-state index in [0.29, 0.717) is 12.3 Å². The van der Waals surface area contributed by atoms with Crippen LogP contribution in [0.2, 0.25) is 0 Å². The Morgan fingerprint density at radius 1 is 1.45 bits per heavy atom. The van der Waals surface area contributed by atoms with Crippen LogP contribution in [0.15, 0.2) is 0 Å². The smallest absolute Gasteiger partial charge is 0.332 e. The Bertz CT molecular complexity index is 138. The quantitative estimate of drug-likeness (QED) is 0.644. The highest BCUT2D eigenvalue weighted by Gasteiger charge is 2.22. The topological polar surface area (TPSA) is 57.5 Å². The molecule has 1 atom stereocenters. The summed E-state index contributed by atoms with van der Waals surface area (Å²) in [5.41, 5.74) is 0. The molecule has 1 aliphatic carbocycles. The van der Waals surface area contributed by atoms with Crippen LogP contribution < -0.4 is 0 Å². The summed E-state index contributed by atoms with van der Waals surface area (Å²) in [4.78, 5) is 10.2. The van der Waals surface area contributed by atoms with E-state index in [1.807, 2.05) is 0 Å². The fourth-order valence-corrected chi connectivity index (χ4v) is 1.66. The summed E-state index contributed by atoms with van der Waals surface area (Å²) in [5.74, 6) is -0.641. The van der Waals surface area contributed by atoms with Crippen molar-refractivity contribution in [2.75, 3.05) is 0 Å². The second-order valence-electron chi connectivity index (χ2n) is 3.24. The SMILES string of the molecule is O=C(O)[C@@H](O)CC1CCCC1. The highest BCUT2D eigenvalue weighted by Crippen LogP contribution is 2.28. The number of aliphatic hydroxyl groups is 1. The van der Waals surface area contributed by atoms with Gasteiger partial charge < -0.3 is 10.2 Å². The van der Waals surface area contributed by atoms with Gasteiger partial charge in [0.15, 0.2) is 6.10 Å². The number of aliphatic hydroxyl groups excluding tert-OH is 1. The summed E-state index contributed by atoms with van der Waals surface area (Å²) < 4.78 is 0. The second kappa shape index (κ2) is 3.72. The molecule has 0 aromatic carbocycles. The van der Waals surface area contributed by atoms with Gasteiger partial charge in [0.2, 0.25) is 0 Å². The van der Waals surface area contributed by atoms with Crippen LogP contribution in [0.1, 0.15) is 32.1 Å². The fourth-order valence-electron chi connectivity index (χ4n) is 1.66. The molecule has 0 bridgehead atoms. The molecule has 2 N–H and O–H groups in total. The van der Waals surface area contributed by atoms with E-state index in [-0.39, 0.29) is 0 Å². The van der Waals surface area contributed by atoms with Crippen molar-refractivity contribution in [3.63, 3.8) is 0 Å². The maximum absolute atomic E-state index is 10.2. The predicted octanol–water partition coefficient (Wildman–Crippen LogP) is 1.01. The van der Waals surface area contributed by atoms with Crippen molar-refractivity contribution in [1.82, 2.24) is 0 Å². The highest BCUT2D eigenvalue weighted by molar-refractivity contribution is 5.71. The molecule has 0 aromatic rings. The monoisotopic (exact) mass is 158 g/mol. The lowest BCUT2D eigenvalue weighted by Gasteiger charge is -2.10. The van der Waals surface area contributed by atoms with E-state index in [1.165, 1.54) is 12.8 Å². The summed E-state index contributed by atoms with van der Waals surface area (Å²) in [6, 6.07) is 0. The molecule has 64 valence electrons. The van der Waals surface area contributed by atoms with Crippen LogP contribution in [-0.4, -0.2) is 22.3 Å². The van der Waals surface area contributed by atoms with Crippen LogP contribution in [0.4, 0.5) is 0 Å². The summed E-state index contributed by atoms with van der Waals surface area (Å²) in [7, 11) is 0. The van der Waals surface area contributed by atoms with Crippen LogP contribution in [-0.2, 0) is 4.79 Å². The molecule has 0 heterocycles. The third-order valence-corrected chi connectivity index (χ3v) is 2.32. The minimum atomic E-state index is -1.14. The third-order valence-electron chi connectivity index (χ3n) is 2.32. The van der Waals surface area contributed by atoms with Gasteiger partial charge in [-0.25, -0.2) is 4.79 Å². The third kappa shape index (κ3) is 2.50. The molecule has 3 heteroatoms. The molecule has 0 spiro atoms. The van der Waals surface area contributed by atoms with Gasteiger partial charge in [-0.05, 0) is 12.3 Å². The van der Waals surface area contributed by atoms with Crippen molar-refractivity contribution in [3.05, 3.63) is 0 Å². The Kier molecular flexibility index (Phi) is 2.88. The predicted molar refractivity (Wildman–Crippen MR) is 40.2 cm³/mol.